The number of benzene rings is 1. The molecule has 0 fully saturated rings. The van der Waals surface area contributed by atoms with Gasteiger partial charge in [0.25, 0.3) is 11.7 Å². The standard InChI is InChI=1S/C12H8BrN3O3/c1-6-14-15-9(19-6)5-16-10-7(11(17)12(16)18)3-2-4-8(10)13/h2-4H,5H2,1H3. The number of amides is 1. The van der Waals surface area contributed by atoms with Crippen molar-refractivity contribution in [1.82, 2.24) is 10.2 Å². The minimum atomic E-state index is -0.585. The minimum Gasteiger partial charge on any atom is -0.424 e. The Morgan fingerprint density at radius 2 is 2.11 bits per heavy atom. The molecular formula is C12H8BrN3O3. The summed E-state index contributed by atoms with van der Waals surface area (Å²) in [5.41, 5.74) is 0.934. The summed E-state index contributed by atoms with van der Waals surface area (Å²) in [6, 6.07) is 5.12. The molecule has 0 saturated carbocycles. The van der Waals surface area contributed by atoms with E-state index in [0.717, 1.165) is 0 Å². The van der Waals surface area contributed by atoms with E-state index in [1.54, 1.807) is 25.1 Å². The van der Waals surface area contributed by atoms with Gasteiger partial charge in [-0.15, -0.1) is 10.2 Å². The molecule has 0 radical (unpaired) electrons. The van der Waals surface area contributed by atoms with Crippen LogP contribution >= 0.6 is 15.9 Å². The van der Waals surface area contributed by atoms with Crippen LogP contribution in [-0.2, 0) is 11.3 Å². The zero-order valence-corrected chi connectivity index (χ0v) is 11.5. The molecule has 96 valence electrons. The minimum absolute atomic E-state index is 0.0844. The molecule has 0 bridgehead atoms. The van der Waals surface area contributed by atoms with E-state index in [-0.39, 0.29) is 6.54 Å². The van der Waals surface area contributed by atoms with Gasteiger partial charge in [-0.25, -0.2) is 0 Å². The van der Waals surface area contributed by atoms with Gasteiger partial charge in [-0.2, -0.15) is 0 Å². The average molecular weight is 322 g/mol. The van der Waals surface area contributed by atoms with E-state index in [9.17, 15) is 9.59 Å². The number of hydrogen-bond donors (Lipinski definition) is 0. The molecule has 6 nitrogen and oxygen atoms in total. The van der Waals surface area contributed by atoms with Crippen molar-refractivity contribution in [2.45, 2.75) is 13.5 Å². The summed E-state index contributed by atoms with van der Waals surface area (Å²) in [4.78, 5) is 25.2. The van der Waals surface area contributed by atoms with E-state index in [1.165, 1.54) is 4.90 Å². The van der Waals surface area contributed by atoms with E-state index in [2.05, 4.69) is 26.1 Å². The first-order valence-corrected chi connectivity index (χ1v) is 6.31. The predicted molar refractivity (Wildman–Crippen MR) is 68.7 cm³/mol. The van der Waals surface area contributed by atoms with E-state index < -0.39 is 11.7 Å². The molecule has 1 aliphatic rings. The molecule has 3 rings (SSSR count). The molecule has 0 atom stereocenters. The smallest absolute Gasteiger partial charge is 0.299 e. The molecule has 19 heavy (non-hydrogen) atoms. The Morgan fingerprint density at radius 1 is 1.32 bits per heavy atom. The number of hydrogen-bond acceptors (Lipinski definition) is 5. The first-order valence-electron chi connectivity index (χ1n) is 5.51. The van der Waals surface area contributed by atoms with Crippen molar-refractivity contribution >= 4 is 33.3 Å². The van der Waals surface area contributed by atoms with Crippen molar-refractivity contribution in [2.24, 2.45) is 0 Å². The van der Waals surface area contributed by atoms with E-state index >= 15 is 0 Å². The topological polar surface area (TPSA) is 76.3 Å². The molecule has 0 unspecified atom stereocenters. The quantitative estimate of drug-likeness (QED) is 0.789. The van der Waals surface area contributed by atoms with Gasteiger partial charge in [-0.3, -0.25) is 14.5 Å². The maximum Gasteiger partial charge on any atom is 0.299 e. The molecule has 0 aliphatic carbocycles. The second kappa shape index (κ2) is 4.27. The van der Waals surface area contributed by atoms with Crippen molar-refractivity contribution < 1.29 is 14.0 Å². The number of Topliss-reactive ketones (excluding diaryl/α,β-unsaturated/α-hetero) is 1. The van der Waals surface area contributed by atoms with Crippen LogP contribution in [-0.4, -0.2) is 21.9 Å². The van der Waals surface area contributed by atoms with Crippen LogP contribution in [0.1, 0.15) is 22.1 Å². The van der Waals surface area contributed by atoms with Gasteiger partial charge in [0.2, 0.25) is 11.8 Å². The molecule has 0 N–H and O–H groups in total. The third-order valence-corrected chi connectivity index (χ3v) is 3.44. The summed E-state index contributed by atoms with van der Waals surface area (Å²) in [5, 5.41) is 7.53. The zero-order chi connectivity index (χ0) is 13.6. The Bertz CT molecular complexity index is 695. The highest BCUT2D eigenvalue weighted by Crippen LogP contribution is 2.36. The number of para-hydroxylation sites is 1. The molecular weight excluding hydrogens is 314 g/mol. The Hall–Kier alpha value is -2.02. The van der Waals surface area contributed by atoms with Gasteiger partial charge in [0, 0.05) is 11.4 Å². The van der Waals surface area contributed by atoms with Crippen LogP contribution in [0.5, 0.6) is 0 Å². The maximum absolute atomic E-state index is 12.0. The van der Waals surface area contributed by atoms with Gasteiger partial charge >= 0.3 is 0 Å². The molecule has 1 aliphatic heterocycles. The van der Waals surface area contributed by atoms with Crippen molar-refractivity contribution in [3.63, 3.8) is 0 Å². The van der Waals surface area contributed by atoms with Gasteiger partial charge in [-0.05, 0) is 28.1 Å². The number of nitrogens with zero attached hydrogens (tertiary/aromatic N) is 3. The Labute approximate surface area is 116 Å². The van der Waals surface area contributed by atoms with Crippen LogP contribution in [0.15, 0.2) is 27.1 Å². The third-order valence-electron chi connectivity index (χ3n) is 2.80. The average Bonchev–Trinajstić information content (AvgIpc) is 2.89. The highest BCUT2D eigenvalue weighted by Gasteiger charge is 2.37. The third kappa shape index (κ3) is 1.86. The summed E-state index contributed by atoms with van der Waals surface area (Å²) in [6.07, 6.45) is 0. The fourth-order valence-electron chi connectivity index (χ4n) is 2.00. The van der Waals surface area contributed by atoms with Crippen molar-refractivity contribution in [1.29, 1.82) is 0 Å². The summed E-state index contributed by atoms with van der Waals surface area (Å²) in [5.74, 6) is -0.395. The van der Waals surface area contributed by atoms with E-state index in [1.807, 2.05) is 0 Å². The number of halogens is 1. The molecule has 1 aromatic carbocycles. The van der Waals surface area contributed by atoms with E-state index in [4.69, 9.17) is 4.42 Å². The number of rotatable bonds is 2. The largest absolute Gasteiger partial charge is 0.424 e. The normalized spacial score (nSPS) is 14.1. The number of aryl methyl sites for hydroxylation is 1. The van der Waals surface area contributed by atoms with Crippen LogP contribution in [0, 0.1) is 6.92 Å². The second-order valence-corrected chi connectivity index (χ2v) is 4.93. The monoisotopic (exact) mass is 321 g/mol. The molecule has 2 heterocycles. The number of carbonyl (C=O) groups is 2. The Balaban J connectivity index is 2.04. The fraction of sp³-hybridized carbons (Fsp3) is 0.167. The lowest BCUT2D eigenvalue weighted by Crippen LogP contribution is -2.29. The van der Waals surface area contributed by atoms with Gasteiger partial charge < -0.3 is 4.42 Å². The van der Waals surface area contributed by atoms with E-state index in [0.29, 0.717) is 27.5 Å². The SMILES string of the molecule is Cc1nnc(CN2C(=O)C(=O)c3cccc(Br)c32)o1. The molecule has 0 saturated heterocycles. The highest BCUT2D eigenvalue weighted by molar-refractivity contribution is 9.10. The maximum atomic E-state index is 12.0. The van der Waals surface area contributed by atoms with Crippen LogP contribution in [0.2, 0.25) is 0 Å². The van der Waals surface area contributed by atoms with Gasteiger partial charge in [0.05, 0.1) is 11.3 Å². The van der Waals surface area contributed by atoms with Crippen LogP contribution < -0.4 is 4.90 Å². The number of aromatic nitrogens is 2. The molecule has 1 amide bonds. The van der Waals surface area contributed by atoms with Crippen LogP contribution in [0.3, 0.4) is 0 Å². The predicted octanol–water partition coefficient (Wildman–Crippen LogP) is 1.87. The lowest BCUT2D eigenvalue weighted by molar-refractivity contribution is -0.114. The van der Waals surface area contributed by atoms with Gasteiger partial charge in [-0.1, -0.05) is 6.07 Å². The summed E-state index contributed by atoms with van der Waals surface area (Å²) in [6.45, 7) is 1.75. The number of fused-ring (bicyclic) bond motifs is 1. The first-order chi connectivity index (χ1) is 9.08. The number of carbonyl (C=O) groups excluding carboxylic acids is 2. The first kappa shape index (κ1) is 12.0. The van der Waals surface area contributed by atoms with Crippen molar-refractivity contribution in [3.8, 4) is 0 Å². The molecule has 7 heteroatoms. The molecule has 0 spiro atoms. The fourth-order valence-corrected chi connectivity index (χ4v) is 2.58. The Kier molecular flexibility index (Phi) is 2.70. The van der Waals surface area contributed by atoms with Crippen molar-refractivity contribution in [2.75, 3.05) is 4.90 Å². The summed E-state index contributed by atoms with van der Waals surface area (Å²) < 4.78 is 5.92. The number of ketones is 1. The summed E-state index contributed by atoms with van der Waals surface area (Å²) >= 11 is 3.35. The molecule has 2 aromatic rings. The zero-order valence-electron chi connectivity index (χ0n) is 9.88. The summed E-state index contributed by atoms with van der Waals surface area (Å²) in [7, 11) is 0. The Morgan fingerprint density at radius 3 is 2.79 bits per heavy atom. The molecule has 1 aromatic heterocycles. The van der Waals surface area contributed by atoms with Crippen LogP contribution in [0.4, 0.5) is 5.69 Å². The lowest BCUT2D eigenvalue weighted by Gasteiger charge is -2.15. The lowest BCUT2D eigenvalue weighted by atomic mass is 10.1. The highest BCUT2D eigenvalue weighted by atomic mass is 79.9. The van der Waals surface area contributed by atoms with Gasteiger partial charge in [0.15, 0.2) is 0 Å². The van der Waals surface area contributed by atoms with Crippen molar-refractivity contribution in [3.05, 3.63) is 40.0 Å². The number of anilines is 1. The second-order valence-electron chi connectivity index (χ2n) is 4.07. The van der Waals surface area contributed by atoms with Crippen LogP contribution in [0.25, 0.3) is 0 Å². The van der Waals surface area contributed by atoms with Gasteiger partial charge in [0.1, 0.15) is 6.54 Å².